The first-order valence-electron chi connectivity index (χ1n) is 11.2. The summed E-state index contributed by atoms with van der Waals surface area (Å²) in [5.41, 5.74) is 0.661. The Bertz CT molecular complexity index is 812. The third kappa shape index (κ3) is 4.43. The molecule has 0 atom stereocenters. The zero-order valence-electron chi connectivity index (χ0n) is 18.4. The lowest BCUT2D eigenvalue weighted by Gasteiger charge is -2.40. The summed E-state index contributed by atoms with van der Waals surface area (Å²) < 4.78 is 0. The number of halogens is 1. The number of hydrogen-bond acceptors (Lipinski definition) is 5. The maximum atomic E-state index is 13.2. The lowest BCUT2D eigenvalue weighted by Crippen LogP contribution is -2.42. The van der Waals surface area contributed by atoms with Gasteiger partial charge in [0, 0.05) is 38.8 Å². The number of carbonyl (C=O) groups is 1. The molecule has 3 aliphatic rings. The third-order valence-electron chi connectivity index (χ3n) is 7.03. The minimum absolute atomic E-state index is 0.0267. The van der Waals surface area contributed by atoms with Gasteiger partial charge in [-0.3, -0.25) is 4.79 Å². The van der Waals surface area contributed by atoms with Crippen LogP contribution >= 0.6 is 11.6 Å². The molecule has 1 amide bonds. The molecule has 2 fully saturated rings. The van der Waals surface area contributed by atoms with Gasteiger partial charge in [-0.05, 0) is 55.6 Å². The van der Waals surface area contributed by atoms with E-state index in [4.69, 9.17) is 16.4 Å². The number of amides is 1. The molecule has 1 aromatic heterocycles. The van der Waals surface area contributed by atoms with E-state index in [1.807, 2.05) is 17.0 Å². The first-order chi connectivity index (χ1) is 14.3. The molecule has 164 valence electrons. The van der Waals surface area contributed by atoms with E-state index in [9.17, 15) is 4.79 Å². The van der Waals surface area contributed by atoms with Crippen molar-refractivity contribution in [1.29, 1.82) is 0 Å². The van der Waals surface area contributed by atoms with Crippen LogP contribution in [0.15, 0.2) is 23.5 Å². The highest BCUT2D eigenvalue weighted by Gasteiger charge is 2.46. The van der Waals surface area contributed by atoms with Gasteiger partial charge in [-0.15, -0.1) is 0 Å². The topological polar surface area (TPSA) is 58.0 Å². The quantitative estimate of drug-likeness (QED) is 0.689. The van der Waals surface area contributed by atoms with Crippen molar-refractivity contribution >= 4 is 29.0 Å². The van der Waals surface area contributed by atoms with Gasteiger partial charge in [-0.1, -0.05) is 37.5 Å². The average Bonchev–Trinajstić information content (AvgIpc) is 2.96. The Morgan fingerprint density at radius 2 is 1.97 bits per heavy atom. The SMILES string of the molecule is CC(C)(C)[C@H]1CC[C@]2(CC1)CC(C(=O)N1CCCN(c3ncccc3Cl)CC1)=NO2. The molecule has 1 aromatic rings. The second kappa shape index (κ2) is 8.37. The highest BCUT2D eigenvalue weighted by atomic mass is 35.5. The van der Waals surface area contributed by atoms with E-state index in [1.165, 1.54) is 0 Å². The fourth-order valence-corrected chi connectivity index (χ4v) is 5.28. The molecule has 1 spiro atoms. The second-order valence-corrected chi connectivity index (χ2v) is 10.5. The number of oxime groups is 1. The second-order valence-electron chi connectivity index (χ2n) is 10.1. The molecule has 0 bridgehead atoms. The predicted octanol–water partition coefficient (Wildman–Crippen LogP) is 4.53. The molecule has 2 aliphatic heterocycles. The number of rotatable bonds is 2. The van der Waals surface area contributed by atoms with Crippen LogP contribution in [-0.2, 0) is 9.63 Å². The molecular weight excluding hydrogens is 400 g/mol. The zero-order chi connectivity index (χ0) is 21.4. The average molecular weight is 433 g/mol. The van der Waals surface area contributed by atoms with Crippen LogP contribution in [0.25, 0.3) is 0 Å². The summed E-state index contributed by atoms with van der Waals surface area (Å²) >= 11 is 6.31. The van der Waals surface area contributed by atoms with Gasteiger partial charge in [0.25, 0.3) is 5.91 Å². The van der Waals surface area contributed by atoms with E-state index in [-0.39, 0.29) is 11.5 Å². The Kier molecular flexibility index (Phi) is 5.97. The van der Waals surface area contributed by atoms with Crippen molar-refractivity contribution in [3.05, 3.63) is 23.4 Å². The lowest BCUT2D eigenvalue weighted by atomic mass is 9.67. The lowest BCUT2D eigenvalue weighted by molar-refractivity contribution is -0.124. The normalized spacial score (nSPS) is 27.6. The summed E-state index contributed by atoms with van der Waals surface area (Å²) in [4.78, 5) is 27.6. The summed E-state index contributed by atoms with van der Waals surface area (Å²) in [7, 11) is 0. The molecule has 30 heavy (non-hydrogen) atoms. The first kappa shape index (κ1) is 21.4. The Balaban J connectivity index is 1.34. The third-order valence-corrected chi connectivity index (χ3v) is 7.32. The number of hydrogen-bond donors (Lipinski definition) is 0. The maximum Gasteiger partial charge on any atom is 0.271 e. The van der Waals surface area contributed by atoms with Crippen molar-refractivity contribution in [3.63, 3.8) is 0 Å². The summed E-state index contributed by atoms with van der Waals surface area (Å²) in [6.45, 7) is 9.87. The molecule has 0 N–H and O–H groups in total. The summed E-state index contributed by atoms with van der Waals surface area (Å²) in [6, 6.07) is 3.69. The van der Waals surface area contributed by atoms with Crippen LogP contribution in [0.5, 0.6) is 0 Å². The Morgan fingerprint density at radius 3 is 2.67 bits per heavy atom. The van der Waals surface area contributed by atoms with Gasteiger partial charge in [0.1, 0.15) is 17.1 Å². The van der Waals surface area contributed by atoms with E-state index in [0.717, 1.165) is 57.6 Å². The summed E-state index contributed by atoms with van der Waals surface area (Å²) in [5, 5.41) is 4.93. The molecular formula is C23H33ClN4O2. The molecule has 6 nitrogen and oxygen atoms in total. The van der Waals surface area contributed by atoms with E-state index < -0.39 is 0 Å². The Labute approximate surface area is 184 Å². The number of carbonyl (C=O) groups excluding carboxylic acids is 1. The molecule has 4 rings (SSSR count). The monoisotopic (exact) mass is 432 g/mol. The standard InChI is InChI=1S/C23H33ClN4O2/c1-22(2,3)17-7-9-23(10-8-17)16-19(26-30-23)21(29)28-13-5-12-27(14-15-28)20-18(24)6-4-11-25-20/h4,6,11,17H,5,7-10,12-16H2,1-3H3/t17-,23-. The van der Waals surface area contributed by atoms with Crippen LogP contribution < -0.4 is 4.90 Å². The van der Waals surface area contributed by atoms with Crippen molar-refractivity contribution in [3.8, 4) is 0 Å². The summed E-state index contributed by atoms with van der Waals surface area (Å²) in [6.07, 6.45) is 7.55. The molecule has 0 aromatic carbocycles. The predicted molar refractivity (Wildman–Crippen MR) is 120 cm³/mol. The van der Waals surface area contributed by atoms with Crippen LogP contribution in [0.4, 0.5) is 5.82 Å². The van der Waals surface area contributed by atoms with E-state index in [0.29, 0.717) is 35.0 Å². The van der Waals surface area contributed by atoms with Crippen molar-refractivity contribution in [2.75, 3.05) is 31.1 Å². The Hall–Kier alpha value is -1.82. The molecule has 3 heterocycles. The van der Waals surface area contributed by atoms with Crippen LogP contribution in [0.1, 0.15) is 59.3 Å². The van der Waals surface area contributed by atoms with Gasteiger partial charge in [-0.25, -0.2) is 4.98 Å². The fraction of sp³-hybridized carbons (Fsp3) is 0.696. The van der Waals surface area contributed by atoms with Gasteiger partial charge in [0.05, 0.1) is 5.02 Å². The number of anilines is 1. The van der Waals surface area contributed by atoms with Gasteiger partial charge in [-0.2, -0.15) is 0 Å². The number of pyridine rings is 1. The van der Waals surface area contributed by atoms with Crippen LogP contribution in [0.3, 0.4) is 0 Å². The van der Waals surface area contributed by atoms with Crippen LogP contribution in [-0.4, -0.2) is 53.3 Å². The van der Waals surface area contributed by atoms with Crippen LogP contribution in [0, 0.1) is 11.3 Å². The van der Waals surface area contributed by atoms with Gasteiger partial charge >= 0.3 is 0 Å². The van der Waals surface area contributed by atoms with Crippen molar-refractivity contribution < 1.29 is 9.63 Å². The minimum atomic E-state index is -0.258. The van der Waals surface area contributed by atoms with E-state index >= 15 is 0 Å². The highest BCUT2D eigenvalue weighted by molar-refractivity contribution is 6.39. The largest absolute Gasteiger partial charge is 0.388 e. The van der Waals surface area contributed by atoms with Crippen LogP contribution in [0.2, 0.25) is 5.02 Å². The van der Waals surface area contributed by atoms with Crippen molar-refractivity contribution in [2.45, 2.75) is 64.9 Å². The molecule has 0 radical (unpaired) electrons. The smallest absolute Gasteiger partial charge is 0.271 e. The maximum absolute atomic E-state index is 13.2. The summed E-state index contributed by atoms with van der Waals surface area (Å²) in [5.74, 6) is 1.53. The fourth-order valence-electron chi connectivity index (χ4n) is 5.04. The van der Waals surface area contributed by atoms with Gasteiger partial charge in [0.15, 0.2) is 0 Å². The van der Waals surface area contributed by atoms with E-state index in [2.05, 4.69) is 35.8 Å². The molecule has 7 heteroatoms. The van der Waals surface area contributed by atoms with Crippen molar-refractivity contribution in [1.82, 2.24) is 9.88 Å². The molecule has 0 unspecified atom stereocenters. The molecule has 1 saturated carbocycles. The van der Waals surface area contributed by atoms with Gasteiger partial charge < -0.3 is 14.6 Å². The molecule has 1 saturated heterocycles. The van der Waals surface area contributed by atoms with E-state index in [1.54, 1.807) is 6.20 Å². The minimum Gasteiger partial charge on any atom is -0.388 e. The van der Waals surface area contributed by atoms with Gasteiger partial charge in [0.2, 0.25) is 0 Å². The first-order valence-corrected chi connectivity index (χ1v) is 11.6. The Morgan fingerprint density at radius 1 is 1.20 bits per heavy atom. The highest BCUT2D eigenvalue weighted by Crippen LogP contribution is 2.46. The zero-order valence-corrected chi connectivity index (χ0v) is 19.1. The van der Waals surface area contributed by atoms with Crippen molar-refractivity contribution in [2.24, 2.45) is 16.5 Å². The number of aromatic nitrogens is 1. The molecule has 1 aliphatic carbocycles. The number of nitrogens with zero attached hydrogens (tertiary/aromatic N) is 4.